The first kappa shape index (κ1) is 9.64. The van der Waals surface area contributed by atoms with E-state index in [1.807, 2.05) is 11.8 Å². The van der Waals surface area contributed by atoms with Gasteiger partial charge in [-0.15, -0.1) is 0 Å². The molecule has 0 aromatic heterocycles. The summed E-state index contributed by atoms with van der Waals surface area (Å²) in [7, 11) is 0. The number of ether oxygens (including phenoxy) is 1. The molecule has 2 unspecified atom stereocenters. The number of aliphatic hydroxyl groups excluding tert-OH is 1. The molecule has 0 aromatic carbocycles. The van der Waals surface area contributed by atoms with Crippen LogP contribution in [0.25, 0.3) is 0 Å². The van der Waals surface area contributed by atoms with Crippen molar-refractivity contribution in [2.24, 2.45) is 0 Å². The summed E-state index contributed by atoms with van der Waals surface area (Å²) in [6.45, 7) is 3.72. The molecule has 1 aliphatic heterocycles. The van der Waals surface area contributed by atoms with E-state index < -0.39 is 0 Å². The van der Waals surface area contributed by atoms with Crippen LogP contribution >= 0.6 is 0 Å². The lowest BCUT2D eigenvalue weighted by Crippen LogP contribution is -2.49. The minimum atomic E-state index is -0.124. The number of nitrogens with zero attached hydrogens (tertiary/aromatic N) is 1. The van der Waals surface area contributed by atoms with Crippen LogP contribution in [0.3, 0.4) is 0 Å². The van der Waals surface area contributed by atoms with E-state index in [0.29, 0.717) is 19.7 Å². The lowest BCUT2D eigenvalue weighted by atomic mass is 10.2. The summed E-state index contributed by atoms with van der Waals surface area (Å²) in [6.07, 6.45) is 0.761. The molecule has 70 valence electrons. The maximum absolute atomic E-state index is 10.3. The van der Waals surface area contributed by atoms with Crippen molar-refractivity contribution in [2.75, 3.05) is 26.3 Å². The molecule has 1 saturated heterocycles. The predicted octanol–water partition coefficient (Wildman–Crippen LogP) is -0.733. The third-order valence-electron chi connectivity index (χ3n) is 2.15. The number of hydrogen-bond acceptors (Lipinski definition) is 4. The SMILES string of the molecule is CC1COC(CO)CN1CC=O. The van der Waals surface area contributed by atoms with Gasteiger partial charge in [0.25, 0.3) is 0 Å². The molecule has 1 N–H and O–H groups in total. The van der Waals surface area contributed by atoms with Crippen molar-refractivity contribution in [3.8, 4) is 0 Å². The highest BCUT2D eigenvalue weighted by Crippen LogP contribution is 2.09. The van der Waals surface area contributed by atoms with Crippen molar-refractivity contribution in [1.29, 1.82) is 0 Å². The molecule has 1 fully saturated rings. The molecular formula is C8H15NO3. The van der Waals surface area contributed by atoms with E-state index in [0.717, 1.165) is 6.29 Å². The lowest BCUT2D eigenvalue weighted by Gasteiger charge is -2.36. The largest absolute Gasteiger partial charge is 0.394 e. The normalized spacial score (nSPS) is 31.8. The molecule has 0 saturated carbocycles. The first-order valence-corrected chi connectivity index (χ1v) is 4.18. The fourth-order valence-electron chi connectivity index (χ4n) is 1.34. The van der Waals surface area contributed by atoms with Gasteiger partial charge in [-0.1, -0.05) is 0 Å². The van der Waals surface area contributed by atoms with Crippen LogP contribution in [0.1, 0.15) is 6.92 Å². The Bertz CT molecular complexity index is 151. The van der Waals surface area contributed by atoms with Crippen LogP contribution in [0.2, 0.25) is 0 Å². The van der Waals surface area contributed by atoms with E-state index in [4.69, 9.17) is 9.84 Å². The van der Waals surface area contributed by atoms with Crippen molar-refractivity contribution in [3.63, 3.8) is 0 Å². The van der Waals surface area contributed by atoms with Gasteiger partial charge in [-0.3, -0.25) is 4.90 Å². The van der Waals surface area contributed by atoms with Gasteiger partial charge < -0.3 is 14.6 Å². The summed E-state index contributed by atoms with van der Waals surface area (Å²) in [5.41, 5.74) is 0. The maximum atomic E-state index is 10.3. The highest BCUT2D eigenvalue weighted by molar-refractivity contribution is 5.52. The van der Waals surface area contributed by atoms with Gasteiger partial charge in [0.15, 0.2) is 0 Å². The van der Waals surface area contributed by atoms with E-state index in [1.54, 1.807) is 0 Å². The lowest BCUT2D eigenvalue weighted by molar-refractivity contribution is -0.114. The molecule has 0 aliphatic carbocycles. The third-order valence-corrected chi connectivity index (χ3v) is 2.15. The Kier molecular flexibility index (Phi) is 3.65. The van der Waals surface area contributed by atoms with Crippen LogP contribution < -0.4 is 0 Å². The third kappa shape index (κ3) is 2.27. The standard InChI is InChI=1S/C8H15NO3/c1-7-6-12-8(5-11)4-9(7)2-3-10/h3,7-8,11H,2,4-6H2,1H3. The Hall–Kier alpha value is -0.450. The van der Waals surface area contributed by atoms with Crippen LogP contribution in [0, 0.1) is 0 Å². The minimum Gasteiger partial charge on any atom is -0.394 e. The molecule has 4 heteroatoms. The van der Waals surface area contributed by atoms with Crippen LogP contribution in [-0.4, -0.2) is 54.7 Å². The zero-order valence-corrected chi connectivity index (χ0v) is 7.27. The molecule has 1 rings (SSSR count). The highest BCUT2D eigenvalue weighted by Gasteiger charge is 2.24. The molecule has 0 amide bonds. The van der Waals surface area contributed by atoms with Gasteiger partial charge in [-0.05, 0) is 6.92 Å². The number of carbonyl (C=O) groups is 1. The van der Waals surface area contributed by atoms with Gasteiger partial charge in [-0.2, -0.15) is 0 Å². The summed E-state index contributed by atoms with van der Waals surface area (Å²) in [5, 5.41) is 8.82. The predicted molar refractivity (Wildman–Crippen MR) is 43.9 cm³/mol. The zero-order chi connectivity index (χ0) is 8.97. The number of morpholine rings is 1. The van der Waals surface area contributed by atoms with Gasteiger partial charge in [0.1, 0.15) is 6.29 Å². The molecule has 0 spiro atoms. The minimum absolute atomic E-state index is 0.0298. The van der Waals surface area contributed by atoms with Crippen molar-refractivity contribution >= 4 is 6.29 Å². The van der Waals surface area contributed by atoms with Crippen molar-refractivity contribution in [2.45, 2.75) is 19.1 Å². The number of rotatable bonds is 3. The van der Waals surface area contributed by atoms with Crippen LogP contribution in [0.5, 0.6) is 0 Å². The molecule has 0 aromatic rings. The molecule has 1 heterocycles. The monoisotopic (exact) mass is 173 g/mol. The summed E-state index contributed by atoms with van der Waals surface area (Å²) < 4.78 is 5.31. The summed E-state index contributed by atoms with van der Waals surface area (Å²) in [6, 6.07) is 0.276. The molecule has 1 aliphatic rings. The smallest absolute Gasteiger partial charge is 0.133 e. The molecular weight excluding hydrogens is 158 g/mol. The Morgan fingerprint density at radius 2 is 2.50 bits per heavy atom. The van der Waals surface area contributed by atoms with Gasteiger partial charge in [0.2, 0.25) is 0 Å². The molecule has 12 heavy (non-hydrogen) atoms. The quantitative estimate of drug-likeness (QED) is 0.571. The second-order valence-corrected chi connectivity index (χ2v) is 3.11. The fourth-order valence-corrected chi connectivity index (χ4v) is 1.34. The van der Waals surface area contributed by atoms with Gasteiger partial charge in [0, 0.05) is 12.6 Å². The van der Waals surface area contributed by atoms with Crippen molar-refractivity contribution in [3.05, 3.63) is 0 Å². The summed E-state index contributed by atoms with van der Waals surface area (Å²) in [4.78, 5) is 12.3. The van der Waals surface area contributed by atoms with E-state index in [2.05, 4.69) is 0 Å². The number of carbonyl (C=O) groups excluding carboxylic acids is 1. The second-order valence-electron chi connectivity index (χ2n) is 3.11. The summed E-state index contributed by atoms with van der Waals surface area (Å²) in [5.74, 6) is 0. The average molecular weight is 173 g/mol. The summed E-state index contributed by atoms with van der Waals surface area (Å²) >= 11 is 0. The Morgan fingerprint density at radius 3 is 3.08 bits per heavy atom. The highest BCUT2D eigenvalue weighted by atomic mass is 16.5. The van der Waals surface area contributed by atoms with E-state index in [-0.39, 0.29) is 18.8 Å². The van der Waals surface area contributed by atoms with Crippen molar-refractivity contribution in [1.82, 2.24) is 4.90 Å². The Morgan fingerprint density at radius 1 is 1.75 bits per heavy atom. The number of aliphatic hydroxyl groups is 1. The second kappa shape index (κ2) is 4.54. The van der Waals surface area contributed by atoms with E-state index in [1.165, 1.54) is 0 Å². The number of aldehydes is 1. The Balaban J connectivity index is 2.41. The molecule has 0 radical (unpaired) electrons. The van der Waals surface area contributed by atoms with Crippen LogP contribution in [0.15, 0.2) is 0 Å². The zero-order valence-electron chi connectivity index (χ0n) is 7.27. The maximum Gasteiger partial charge on any atom is 0.133 e. The fraction of sp³-hybridized carbons (Fsp3) is 0.875. The molecule has 4 nitrogen and oxygen atoms in total. The van der Waals surface area contributed by atoms with Gasteiger partial charge in [-0.25, -0.2) is 0 Å². The van der Waals surface area contributed by atoms with E-state index >= 15 is 0 Å². The number of hydrogen-bond donors (Lipinski definition) is 1. The van der Waals surface area contributed by atoms with Gasteiger partial charge in [0.05, 0.1) is 25.9 Å². The average Bonchev–Trinajstić information content (AvgIpc) is 2.09. The first-order valence-electron chi connectivity index (χ1n) is 4.18. The first-order chi connectivity index (χ1) is 5.77. The molecule has 2 atom stereocenters. The van der Waals surface area contributed by atoms with Crippen LogP contribution in [-0.2, 0) is 9.53 Å². The van der Waals surface area contributed by atoms with E-state index in [9.17, 15) is 4.79 Å². The Labute approximate surface area is 72.1 Å². The molecule has 0 bridgehead atoms. The van der Waals surface area contributed by atoms with Crippen molar-refractivity contribution < 1.29 is 14.6 Å². The topological polar surface area (TPSA) is 49.8 Å². The van der Waals surface area contributed by atoms with Gasteiger partial charge >= 0.3 is 0 Å². The van der Waals surface area contributed by atoms with Crippen LogP contribution in [0.4, 0.5) is 0 Å².